The van der Waals surface area contributed by atoms with Gasteiger partial charge < -0.3 is 29.0 Å². The van der Waals surface area contributed by atoms with E-state index >= 15 is 0 Å². The molecule has 0 aliphatic carbocycles. The number of carbonyl (C=O) groups excluding carboxylic acids is 1. The second-order valence-corrected chi connectivity index (χ2v) is 9.93. The van der Waals surface area contributed by atoms with Crippen LogP contribution in [0.2, 0.25) is 0 Å². The molecule has 1 unspecified atom stereocenters. The lowest BCUT2D eigenvalue weighted by atomic mass is 10.0. The Kier molecular flexibility index (Phi) is 13.0. The number of hydrogen-bond donors (Lipinski definition) is 1. The molecule has 0 heterocycles. The van der Waals surface area contributed by atoms with Crippen molar-refractivity contribution in [3.8, 4) is 17.2 Å². The summed E-state index contributed by atoms with van der Waals surface area (Å²) >= 11 is 0. The average molecular weight is 564 g/mol. The summed E-state index contributed by atoms with van der Waals surface area (Å²) < 4.78 is 22.6. The van der Waals surface area contributed by atoms with Crippen LogP contribution in [0.3, 0.4) is 0 Å². The molecule has 8 nitrogen and oxygen atoms in total. The van der Waals surface area contributed by atoms with Crippen LogP contribution in [0, 0.1) is 0 Å². The fraction of sp³-hybridized carbons (Fsp3) is 0.394. The summed E-state index contributed by atoms with van der Waals surface area (Å²) in [6.45, 7) is 8.01. The Bertz CT molecular complexity index is 1180. The molecule has 0 spiro atoms. The predicted molar refractivity (Wildman–Crippen MR) is 158 cm³/mol. The van der Waals surface area contributed by atoms with Crippen LogP contribution < -0.4 is 14.2 Å². The highest BCUT2D eigenvalue weighted by molar-refractivity contribution is 5.72. The van der Waals surface area contributed by atoms with Crippen molar-refractivity contribution in [1.29, 1.82) is 0 Å². The van der Waals surface area contributed by atoms with Gasteiger partial charge >= 0.3 is 12.1 Å². The first-order valence-electron chi connectivity index (χ1n) is 14.2. The number of hydrogen-bond acceptors (Lipinski definition) is 6. The quantitative estimate of drug-likeness (QED) is 0.185. The Morgan fingerprint density at radius 3 is 2.05 bits per heavy atom. The fourth-order valence-electron chi connectivity index (χ4n) is 4.12. The highest BCUT2D eigenvalue weighted by Gasteiger charge is 2.18. The Labute approximate surface area is 242 Å². The van der Waals surface area contributed by atoms with Crippen LogP contribution in [-0.2, 0) is 16.0 Å². The Hall–Kier alpha value is -4.04. The van der Waals surface area contributed by atoms with Crippen molar-refractivity contribution in [2.24, 2.45) is 0 Å². The van der Waals surface area contributed by atoms with Crippen LogP contribution in [0.5, 0.6) is 17.2 Å². The molecule has 1 N–H and O–H groups in total. The Balaban J connectivity index is 1.53. The Morgan fingerprint density at radius 1 is 0.780 bits per heavy atom. The van der Waals surface area contributed by atoms with E-state index in [9.17, 15) is 14.7 Å². The second-order valence-electron chi connectivity index (χ2n) is 9.93. The Morgan fingerprint density at radius 2 is 1.41 bits per heavy atom. The molecule has 1 atom stereocenters. The summed E-state index contributed by atoms with van der Waals surface area (Å²) in [6.07, 6.45) is 0.484. The highest BCUT2D eigenvalue weighted by Crippen LogP contribution is 2.20. The molecule has 8 heteroatoms. The summed E-state index contributed by atoms with van der Waals surface area (Å²) in [5, 5.41) is 9.30. The topological polar surface area (TPSA) is 94.5 Å². The number of benzene rings is 3. The third-order valence-corrected chi connectivity index (χ3v) is 6.46. The number of para-hydroxylation sites is 1. The molecule has 41 heavy (non-hydrogen) atoms. The molecule has 0 fully saturated rings. The average Bonchev–Trinajstić information content (AvgIpc) is 2.97. The van der Waals surface area contributed by atoms with E-state index in [-0.39, 0.29) is 13.0 Å². The molecule has 0 saturated carbocycles. The van der Waals surface area contributed by atoms with E-state index in [1.165, 1.54) is 5.56 Å². The van der Waals surface area contributed by atoms with Gasteiger partial charge in [-0.25, -0.2) is 9.59 Å². The van der Waals surface area contributed by atoms with Gasteiger partial charge in [-0.05, 0) is 73.2 Å². The van der Waals surface area contributed by atoms with Crippen LogP contribution in [0.15, 0.2) is 78.9 Å². The van der Waals surface area contributed by atoms with Crippen molar-refractivity contribution >= 4 is 12.1 Å². The summed E-state index contributed by atoms with van der Waals surface area (Å²) in [6, 6.07) is 24.5. The first-order valence-corrected chi connectivity index (χ1v) is 14.2. The van der Waals surface area contributed by atoms with E-state index < -0.39 is 18.2 Å². The SMILES string of the molecule is CCOC(Cc1ccc(OCCN(CCCCOc2ccccc2)C(=O)Oc2ccc(C(C)C)cc2)cc1)C(=O)O. The van der Waals surface area contributed by atoms with Crippen LogP contribution >= 0.6 is 0 Å². The summed E-state index contributed by atoms with van der Waals surface area (Å²) in [7, 11) is 0. The lowest BCUT2D eigenvalue weighted by Crippen LogP contribution is -2.37. The number of nitrogens with zero attached hydrogens (tertiary/aromatic N) is 1. The number of unbranched alkanes of at least 4 members (excludes halogenated alkanes) is 1. The molecule has 0 aliphatic heterocycles. The highest BCUT2D eigenvalue weighted by atomic mass is 16.6. The summed E-state index contributed by atoms with van der Waals surface area (Å²) in [5.74, 6) is 1.36. The molecule has 3 aromatic rings. The first-order chi connectivity index (χ1) is 19.9. The zero-order valence-corrected chi connectivity index (χ0v) is 24.2. The largest absolute Gasteiger partial charge is 0.494 e. The standard InChI is InChI=1S/C33H41NO7/c1-4-38-31(32(35)36)24-26-12-16-29(17-13-26)40-23-21-34(20-8-9-22-39-28-10-6-5-7-11-28)33(37)41-30-18-14-27(15-19-30)25(2)3/h5-7,10-19,25,31H,4,8-9,20-24H2,1-3H3,(H,35,36). The smallest absolute Gasteiger partial charge is 0.415 e. The maximum absolute atomic E-state index is 13.1. The predicted octanol–water partition coefficient (Wildman–Crippen LogP) is 6.58. The van der Waals surface area contributed by atoms with E-state index in [0.29, 0.717) is 43.7 Å². The minimum absolute atomic E-state index is 0.273. The van der Waals surface area contributed by atoms with Gasteiger partial charge in [-0.2, -0.15) is 0 Å². The molecule has 3 aromatic carbocycles. The third-order valence-electron chi connectivity index (χ3n) is 6.46. The van der Waals surface area contributed by atoms with E-state index in [1.54, 1.807) is 24.0 Å². The molecule has 0 bridgehead atoms. The molecule has 220 valence electrons. The number of carboxylic acid groups (broad SMARTS) is 1. The van der Waals surface area contributed by atoms with E-state index in [1.807, 2.05) is 66.7 Å². The van der Waals surface area contributed by atoms with Gasteiger partial charge in [0.25, 0.3) is 0 Å². The minimum atomic E-state index is -0.985. The lowest BCUT2D eigenvalue weighted by molar-refractivity contribution is -0.149. The normalized spacial score (nSPS) is 11.6. The number of rotatable bonds is 17. The molecule has 0 saturated heterocycles. The molecular weight excluding hydrogens is 522 g/mol. The zero-order valence-electron chi connectivity index (χ0n) is 24.2. The number of carboxylic acids is 1. The first kappa shape index (κ1) is 31.5. The number of amides is 1. The van der Waals surface area contributed by atoms with E-state index in [2.05, 4.69) is 13.8 Å². The fourth-order valence-corrected chi connectivity index (χ4v) is 4.12. The number of ether oxygens (including phenoxy) is 4. The van der Waals surface area contributed by atoms with Gasteiger partial charge in [0.15, 0.2) is 6.10 Å². The molecular formula is C33H41NO7. The molecule has 3 rings (SSSR count). The molecule has 0 aliphatic rings. The minimum Gasteiger partial charge on any atom is -0.494 e. The van der Waals surface area contributed by atoms with Crippen LogP contribution in [0.1, 0.15) is 50.7 Å². The van der Waals surface area contributed by atoms with Crippen molar-refractivity contribution in [2.75, 3.05) is 32.9 Å². The number of carbonyl (C=O) groups is 2. The van der Waals surface area contributed by atoms with Crippen LogP contribution in [-0.4, -0.2) is 61.1 Å². The third kappa shape index (κ3) is 11.2. The molecule has 0 radical (unpaired) electrons. The number of aliphatic carboxylic acids is 1. The van der Waals surface area contributed by atoms with Gasteiger partial charge in [0.05, 0.1) is 13.2 Å². The maximum atomic E-state index is 13.1. The summed E-state index contributed by atoms with van der Waals surface area (Å²) in [5.41, 5.74) is 2.01. The van der Waals surface area contributed by atoms with Gasteiger partial charge in [-0.1, -0.05) is 56.3 Å². The van der Waals surface area contributed by atoms with Gasteiger partial charge in [-0.15, -0.1) is 0 Å². The zero-order chi connectivity index (χ0) is 29.5. The summed E-state index contributed by atoms with van der Waals surface area (Å²) in [4.78, 5) is 26.1. The van der Waals surface area contributed by atoms with Gasteiger partial charge in [0.2, 0.25) is 0 Å². The van der Waals surface area contributed by atoms with Crippen LogP contribution in [0.4, 0.5) is 4.79 Å². The van der Waals surface area contributed by atoms with Crippen LogP contribution in [0.25, 0.3) is 0 Å². The van der Waals surface area contributed by atoms with Crippen molar-refractivity contribution in [3.63, 3.8) is 0 Å². The van der Waals surface area contributed by atoms with Crippen molar-refractivity contribution in [2.45, 2.75) is 52.1 Å². The van der Waals surface area contributed by atoms with E-state index in [4.69, 9.17) is 18.9 Å². The molecule has 0 aromatic heterocycles. The maximum Gasteiger partial charge on any atom is 0.415 e. The molecule has 1 amide bonds. The second kappa shape index (κ2) is 16.9. The van der Waals surface area contributed by atoms with E-state index in [0.717, 1.165) is 24.2 Å². The van der Waals surface area contributed by atoms with Gasteiger partial charge in [0.1, 0.15) is 23.9 Å². The van der Waals surface area contributed by atoms with Crippen molar-refractivity contribution < 1.29 is 33.6 Å². The van der Waals surface area contributed by atoms with Gasteiger partial charge in [-0.3, -0.25) is 0 Å². The van der Waals surface area contributed by atoms with Gasteiger partial charge in [0, 0.05) is 19.6 Å². The lowest BCUT2D eigenvalue weighted by Gasteiger charge is -2.22. The monoisotopic (exact) mass is 563 g/mol. The van der Waals surface area contributed by atoms with Crippen molar-refractivity contribution in [1.82, 2.24) is 4.90 Å². The van der Waals surface area contributed by atoms with Crippen molar-refractivity contribution in [3.05, 3.63) is 90.0 Å².